The van der Waals surface area contributed by atoms with E-state index < -0.39 is 12.0 Å². The van der Waals surface area contributed by atoms with E-state index >= 15 is 0 Å². The van der Waals surface area contributed by atoms with Crippen LogP contribution < -0.4 is 24.4 Å². The van der Waals surface area contributed by atoms with E-state index in [1.54, 1.807) is 18.4 Å². The van der Waals surface area contributed by atoms with Crippen molar-refractivity contribution in [1.82, 2.24) is 4.57 Å². The Labute approximate surface area is 293 Å². The van der Waals surface area contributed by atoms with Gasteiger partial charge in [0.2, 0.25) is 0 Å². The molecule has 2 heterocycles. The molecular formula is C37H32Br2N2O5S. The Kier molecular flexibility index (Phi) is 9.82. The number of para-hydroxylation sites is 1. The van der Waals surface area contributed by atoms with Gasteiger partial charge in [-0.3, -0.25) is 9.36 Å². The maximum absolute atomic E-state index is 14.2. The number of carbonyl (C=O) groups excluding carboxylic acids is 1. The van der Waals surface area contributed by atoms with E-state index in [4.69, 9.17) is 19.2 Å². The number of nitrogens with zero attached hydrogens (tertiary/aromatic N) is 2. The molecular weight excluding hydrogens is 744 g/mol. The van der Waals surface area contributed by atoms with E-state index in [1.807, 2.05) is 74.5 Å². The summed E-state index contributed by atoms with van der Waals surface area (Å²) in [4.78, 5) is 32.7. The minimum absolute atomic E-state index is 0.112. The molecule has 0 saturated carbocycles. The van der Waals surface area contributed by atoms with Crippen molar-refractivity contribution < 1.29 is 19.0 Å². The second kappa shape index (κ2) is 14.0. The zero-order chi connectivity index (χ0) is 33.2. The van der Waals surface area contributed by atoms with Gasteiger partial charge in [0.1, 0.15) is 24.1 Å². The first-order valence-corrected chi connectivity index (χ1v) is 17.6. The second-order valence-corrected chi connectivity index (χ2v) is 14.0. The van der Waals surface area contributed by atoms with Gasteiger partial charge in [0.25, 0.3) is 5.56 Å². The summed E-state index contributed by atoms with van der Waals surface area (Å²) in [5.74, 6) is 0.734. The lowest BCUT2D eigenvalue weighted by Crippen LogP contribution is -2.40. The predicted molar refractivity (Wildman–Crippen MR) is 193 cm³/mol. The number of rotatable bonds is 9. The summed E-state index contributed by atoms with van der Waals surface area (Å²) >= 11 is 8.63. The van der Waals surface area contributed by atoms with Crippen molar-refractivity contribution in [3.63, 3.8) is 0 Å². The van der Waals surface area contributed by atoms with E-state index in [2.05, 4.69) is 56.1 Å². The summed E-state index contributed by atoms with van der Waals surface area (Å²) in [6.07, 6.45) is 1.71. The van der Waals surface area contributed by atoms with Crippen molar-refractivity contribution in [3.05, 3.63) is 135 Å². The number of esters is 1. The van der Waals surface area contributed by atoms with Gasteiger partial charge < -0.3 is 14.2 Å². The number of benzene rings is 4. The van der Waals surface area contributed by atoms with Gasteiger partial charge in [-0.25, -0.2) is 9.79 Å². The Morgan fingerprint density at radius 2 is 1.72 bits per heavy atom. The minimum Gasteiger partial charge on any atom is -0.491 e. The van der Waals surface area contributed by atoms with Crippen LogP contribution in [0.1, 0.15) is 50.4 Å². The first-order valence-electron chi connectivity index (χ1n) is 15.2. The van der Waals surface area contributed by atoms with E-state index in [1.165, 1.54) is 11.3 Å². The second-order valence-electron chi connectivity index (χ2n) is 11.2. The Hall–Kier alpha value is -3.99. The van der Waals surface area contributed by atoms with Gasteiger partial charge in [0.05, 0.1) is 37.5 Å². The Bertz CT molecular complexity index is 2190. The fourth-order valence-electron chi connectivity index (χ4n) is 5.67. The molecule has 1 atom stereocenters. The summed E-state index contributed by atoms with van der Waals surface area (Å²) in [5, 5.41) is 2.30. The number of ether oxygens (including phenoxy) is 3. The molecule has 0 bridgehead atoms. The first-order chi connectivity index (χ1) is 22.7. The van der Waals surface area contributed by atoms with Crippen molar-refractivity contribution in [2.24, 2.45) is 4.99 Å². The third-order valence-electron chi connectivity index (χ3n) is 7.66. The smallest absolute Gasteiger partial charge is 0.338 e. The zero-order valence-corrected chi connectivity index (χ0v) is 30.2. The van der Waals surface area contributed by atoms with E-state index in [0.29, 0.717) is 44.3 Å². The zero-order valence-electron chi connectivity index (χ0n) is 26.3. The molecule has 0 unspecified atom stereocenters. The highest BCUT2D eigenvalue weighted by Crippen LogP contribution is 2.37. The molecule has 6 rings (SSSR count). The highest BCUT2D eigenvalue weighted by atomic mass is 79.9. The number of fused-ring (bicyclic) bond motifs is 2. The third-order valence-corrected chi connectivity index (χ3v) is 9.82. The number of aromatic nitrogens is 1. The van der Waals surface area contributed by atoms with Crippen LogP contribution in [0, 0.1) is 0 Å². The molecule has 0 spiro atoms. The molecule has 1 aromatic heterocycles. The molecule has 7 nitrogen and oxygen atoms in total. The van der Waals surface area contributed by atoms with Crippen LogP contribution in [0.5, 0.6) is 11.5 Å². The van der Waals surface area contributed by atoms with Crippen LogP contribution in [-0.4, -0.2) is 23.2 Å². The number of hydrogen-bond acceptors (Lipinski definition) is 7. The molecule has 1 aliphatic heterocycles. The molecule has 1 aliphatic rings. The lowest BCUT2D eigenvalue weighted by molar-refractivity contribution is -0.139. The highest BCUT2D eigenvalue weighted by Gasteiger charge is 2.35. The summed E-state index contributed by atoms with van der Waals surface area (Å²) in [5.41, 5.74) is 3.09. The Morgan fingerprint density at radius 3 is 2.47 bits per heavy atom. The van der Waals surface area contributed by atoms with Crippen molar-refractivity contribution in [1.29, 1.82) is 0 Å². The number of carbonyl (C=O) groups is 1. The monoisotopic (exact) mass is 774 g/mol. The molecule has 0 aliphatic carbocycles. The lowest BCUT2D eigenvalue weighted by atomic mass is 9.95. The Morgan fingerprint density at radius 1 is 1.02 bits per heavy atom. The molecule has 4 aromatic carbocycles. The molecule has 47 heavy (non-hydrogen) atoms. The molecule has 0 fully saturated rings. The fourth-order valence-corrected chi connectivity index (χ4v) is 8.17. The van der Waals surface area contributed by atoms with E-state index in [0.717, 1.165) is 30.8 Å². The minimum atomic E-state index is -0.772. The van der Waals surface area contributed by atoms with E-state index in [-0.39, 0.29) is 18.3 Å². The number of halogens is 2. The summed E-state index contributed by atoms with van der Waals surface area (Å²) < 4.78 is 21.4. The molecule has 0 radical (unpaired) electrons. The van der Waals surface area contributed by atoms with Gasteiger partial charge in [0, 0.05) is 5.56 Å². The van der Waals surface area contributed by atoms with Gasteiger partial charge in [-0.1, -0.05) is 72.0 Å². The van der Waals surface area contributed by atoms with Crippen LogP contribution >= 0.6 is 43.2 Å². The van der Waals surface area contributed by atoms with Crippen LogP contribution in [0.15, 0.2) is 109 Å². The maximum atomic E-state index is 14.2. The summed E-state index contributed by atoms with van der Waals surface area (Å²) in [7, 11) is 0. The average Bonchev–Trinajstić information content (AvgIpc) is 3.33. The topological polar surface area (TPSA) is 79.1 Å². The maximum Gasteiger partial charge on any atom is 0.338 e. The van der Waals surface area contributed by atoms with Gasteiger partial charge in [-0.2, -0.15) is 0 Å². The van der Waals surface area contributed by atoms with Crippen LogP contribution in [0.2, 0.25) is 0 Å². The van der Waals surface area contributed by atoms with Crippen molar-refractivity contribution in [2.45, 2.75) is 46.4 Å². The highest BCUT2D eigenvalue weighted by molar-refractivity contribution is 9.11. The SMILES string of the molecule is CCOC(=O)C1=C(C)N=c2s/c(=C/c3cc(Br)c(OCc4cccc5ccccc45)c(Br)c3)c(=O)n2[C@@H]1c1ccccc1OC(C)C. The third kappa shape index (κ3) is 6.72. The van der Waals surface area contributed by atoms with Crippen molar-refractivity contribution >= 4 is 66.0 Å². The number of hydrogen-bond donors (Lipinski definition) is 0. The molecule has 0 N–H and O–H groups in total. The van der Waals surface area contributed by atoms with Gasteiger partial charge in [-0.05, 0) is 106 Å². The standard InChI is InChI=1S/C37H32Br2N2O5S/c1-5-44-36(43)32-22(4)40-37-41(33(32)27-15-8-9-16-30(27)46-21(2)3)35(42)31(47-37)19-23-17-28(38)34(29(39)18-23)45-20-25-13-10-12-24-11-6-7-14-26(24)25/h6-19,21,33H,5,20H2,1-4H3/b31-19+/t33-/m1/s1. The molecule has 240 valence electrons. The van der Waals surface area contributed by atoms with Gasteiger partial charge >= 0.3 is 5.97 Å². The van der Waals surface area contributed by atoms with Crippen LogP contribution in [0.4, 0.5) is 0 Å². The van der Waals surface area contributed by atoms with Crippen LogP contribution in [0.3, 0.4) is 0 Å². The summed E-state index contributed by atoms with van der Waals surface area (Å²) in [6, 6.07) is 24.9. The van der Waals surface area contributed by atoms with Crippen LogP contribution in [0.25, 0.3) is 16.8 Å². The molecule has 0 saturated heterocycles. The molecule has 5 aromatic rings. The van der Waals surface area contributed by atoms with Crippen LogP contribution in [-0.2, 0) is 16.1 Å². The van der Waals surface area contributed by atoms with Crippen molar-refractivity contribution in [3.8, 4) is 11.5 Å². The summed E-state index contributed by atoms with van der Waals surface area (Å²) in [6.45, 7) is 7.98. The van der Waals surface area contributed by atoms with E-state index in [9.17, 15) is 9.59 Å². The largest absolute Gasteiger partial charge is 0.491 e. The normalized spacial score (nSPS) is 14.7. The number of thiazole rings is 1. The lowest BCUT2D eigenvalue weighted by Gasteiger charge is -2.26. The first kappa shape index (κ1) is 32.9. The Balaban J connectivity index is 1.40. The quantitative estimate of drug-likeness (QED) is 0.143. The average molecular weight is 777 g/mol. The molecule has 10 heteroatoms. The van der Waals surface area contributed by atoms with Crippen molar-refractivity contribution in [2.75, 3.05) is 6.61 Å². The number of allylic oxidation sites excluding steroid dienone is 1. The molecule has 0 amide bonds. The predicted octanol–water partition coefficient (Wildman–Crippen LogP) is 7.84. The van der Waals surface area contributed by atoms with Gasteiger partial charge in [-0.15, -0.1) is 0 Å². The fraction of sp³-hybridized carbons (Fsp3) is 0.216. The van der Waals surface area contributed by atoms with Gasteiger partial charge in [0.15, 0.2) is 4.80 Å².